The van der Waals surface area contributed by atoms with E-state index in [1.807, 2.05) is 6.92 Å². The van der Waals surface area contributed by atoms with Gasteiger partial charge < -0.3 is 21.1 Å². The monoisotopic (exact) mass is 519 g/mol. The van der Waals surface area contributed by atoms with Crippen LogP contribution in [0.2, 0.25) is 5.02 Å². The smallest absolute Gasteiger partial charge is 0.412 e. The summed E-state index contributed by atoms with van der Waals surface area (Å²) in [5.74, 6) is -1.06. The molecule has 2 aromatic carbocycles. The molecule has 1 unspecified atom stereocenters. The first kappa shape index (κ1) is 27.3. The van der Waals surface area contributed by atoms with E-state index in [1.54, 1.807) is 12.1 Å². The van der Waals surface area contributed by atoms with Crippen LogP contribution in [0.4, 0.5) is 19.4 Å². The molecular weight excluding hydrogens is 492 g/mol. The standard InChI is InChI=1S/C25H28ClF2N5O3/c1-15(29)5-8-20(32-23(34)13-30-11-17-3-2-4-21(28)24(17)26)14-36-25(35)33-22-10-18-9-19(27)7-6-16(18)12-31-22/h2-4,6-7,9-10,12,15,20,30H,5,8,11,13-14,29H2,1H3,(H,32,34)(H,31,33,35)/t15?,20-/m0/s1. The number of nitrogens with two attached hydrogens (primary N) is 1. The van der Waals surface area contributed by atoms with Crippen molar-refractivity contribution >= 4 is 40.2 Å². The zero-order chi connectivity index (χ0) is 26.1. The lowest BCUT2D eigenvalue weighted by Gasteiger charge is -2.20. The number of fused-ring (bicyclic) bond motifs is 1. The number of pyridine rings is 1. The number of nitrogens with zero attached hydrogens (tertiary/aromatic N) is 1. The highest BCUT2D eigenvalue weighted by Gasteiger charge is 2.16. The van der Waals surface area contributed by atoms with Crippen molar-refractivity contribution in [2.75, 3.05) is 18.5 Å². The van der Waals surface area contributed by atoms with Crippen LogP contribution in [0.3, 0.4) is 0 Å². The molecule has 2 atom stereocenters. The van der Waals surface area contributed by atoms with Gasteiger partial charge in [0.05, 0.1) is 17.6 Å². The zero-order valence-electron chi connectivity index (χ0n) is 19.7. The van der Waals surface area contributed by atoms with E-state index in [4.69, 9.17) is 22.1 Å². The van der Waals surface area contributed by atoms with Gasteiger partial charge in [0.15, 0.2) is 0 Å². The van der Waals surface area contributed by atoms with Crippen LogP contribution < -0.4 is 21.7 Å². The maximum Gasteiger partial charge on any atom is 0.412 e. The number of anilines is 1. The topological polar surface area (TPSA) is 118 Å². The number of aromatic nitrogens is 1. The molecule has 8 nitrogen and oxygen atoms in total. The Bertz CT molecular complexity index is 1210. The van der Waals surface area contributed by atoms with Gasteiger partial charge in [0, 0.05) is 24.2 Å². The predicted octanol–water partition coefficient (Wildman–Crippen LogP) is 4.12. The number of hydrogen-bond acceptors (Lipinski definition) is 6. The Balaban J connectivity index is 1.50. The van der Waals surface area contributed by atoms with Crippen LogP contribution >= 0.6 is 11.6 Å². The second kappa shape index (κ2) is 13.1. The molecule has 0 radical (unpaired) electrons. The fourth-order valence-electron chi connectivity index (χ4n) is 3.43. The van der Waals surface area contributed by atoms with Crippen LogP contribution in [0, 0.1) is 11.6 Å². The third-order valence-electron chi connectivity index (χ3n) is 5.30. The van der Waals surface area contributed by atoms with Crippen LogP contribution in [0.25, 0.3) is 10.8 Å². The summed E-state index contributed by atoms with van der Waals surface area (Å²) in [7, 11) is 0. The molecule has 192 valence electrons. The van der Waals surface area contributed by atoms with Crippen LogP contribution in [0.5, 0.6) is 0 Å². The number of hydrogen-bond donors (Lipinski definition) is 4. The van der Waals surface area contributed by atoms with Gasteiger partial charge in [-0.1, -0.05) is 23.7 Å². The van der Waals surface area contributed by atoms with E-state index in [9.17, 15) is 18.4 Å². The van der Waals surface area contributed by atoms with Crippen LogP contribution in [-0.2, 0) is 16.1 Å². The molecule has 0 fully saturated rings. The highest BCUT2D eigenvalue weighted by molar-refractivity contribution is 6.31. The van der Waals surface area contributed by atoms with Crippen molar-refractivity contribution in [3.8, 4) is 0 Å². The molecule has 5 N–H and O–H groups in total. The summed E-state index contributed by atoms with van der Waals surface area (Å²) in [6.07, 6.45) is 1.83. The van der Waals surface area contributed by atoms with Gasteiger partial charge in [-0.15, -0.1) is 0 Å². The van der Waals surface area contributed by atoms with E-state index in [2.05, 4.69) is 20.9 Å². The van der Waals surface area contributed by atoms with Crippen molar-refractivity contribution in [3.05, 3.63) is 70.9 Å². The fourth-order valence-corrected chi connectivity index (χ4v) is 3.63. The Hall–Kier alpha value is -3.34. The molecule has 36 heavy (non-hydrogen) atoms. The Labute approximate surface area is 212 Å². The van der Waals surface area contributed by atoms with E-state index in [0.29, 0.717) is 23.8 Å². The predicted molar refractivity (Wildman–Crippen MR) is 135 cm³/mol. The first-order valence-corrected chi connectivity index (χ1v) is 11.8. The van der Waals surface area contributed by atoms with Gasteiger partial charge in [-0.25, -0.2) is 18.6 Å². The van der Waals surface area contributed by atoms with E-state index < -0.39 is 23.8 Å². The molecule has 2 amide bonds. The van der Waals surface area contributed by atoms with E-state index in [-0.39, 0.29) is 42.5 Å². The van der Waals surface area contributed by atoms with Crippen LogP contribution in [-0.4, -0.2) is 42.2 Å². The van der Waals surface area contributed by atoms with Gasteiger partial charge in [-0.2, -0.15) is 0 Å². The maximum atomic E-state index is 13.5. The second-order valence-corrected chi connectivity index (χ2v) is 8.80. The largest absolute Gasteiger partial charge is 0.447 e. The molecular formula is C25H28ClF2N5O3. The molecule has 0 spiro atoms. The first-order chi connectivity index (χ1) is 17.2. The summed E-state index contributed by atoms with van der Waals surface area (Å²) in [6, 6.07) is 9.66. The lowest BCUT2D eigenvalue weighted by molar-refractivity contribution is -0.121. The summed E-state index contributed by atoms with van der Waals surface area (Å²) >= 11 is 5.93. The number of carbonyl (C=O) groups is 2. The number of ether oxygens (including phenoxy) is 1. The number of rotatable bonds is 11. The minimum atomic E-state index is -0.767. The third kappa shape index (κ3) is 8.40. The second-order valence-electron chi connectivity index (χ2n) is 8.42. The molecule has 1 heterocycles. The van der Waals surface area contributed by atoms with Crippen molar-refractivity contribution in [1.82, 2.24) is 15.6 Å². The lowest BCUT2D eigenvalue weighted by atomic mass is 10.1. The molecule has 0 aliphatic carbocycles. The highest BCUT2D eigenvalue weighted by Crippen LogP contribution is 2.19. The average Bonchev–Trinajstić information content (AvgIpc) is 2.83. The lowest BCUT2D eigenvalue weighted by Crippen LogP contribution is -2.43. The van der Waals surface area contributed by atoms with Gasteiger partial charge >= 0.3 is 6.09 Å². The van der Waals surface area contributed by atoms with Crippen LogP contribution in [0.1, 0.15) is 25.3 Å². The molecule has 3 rings (SSSR count). The Morgan fingerprint density at radius 2 is 1.94 bits per heavy atom. The summed E-state index contributed by atoms with van der Waals surface area (Å²) in [6.45, 7) is 1.90. The van der Waals surface area contributed by atoms with Gasteiger partial charge in [0.2, 0.25) is 5.91 Å². The van der Waals surface area contributed by atoms with Crippen molar-refractivity contribution in [3.63, 3.8) is 0 Å². The van der Waals surface area contributed by atoms with Gasteiger partial charge in [0.25, 0.3) is 0 Å². The number of amides is 2. The molecule has 0 bridgehead atoms. The van der Waals surface area contributed by atoms with Crippen LogP contribution in [0.15, 0.2) is 48.7 Å². The summed E-state index contributed by atoms with van der Waals surface area (Å²) in [5.41, 5.74) is 6.36. The molecule has 0 saturated heterocycles. The van der Waals surface area contributed by atoms with Gasteiger partial charge in [0.1, 0.15) is 24.1 Å². The van der Waals surface area contributed by atoms with Crippen molar-refractivity contribution in [2.24, 2.45) is 5.73 Å². The normalized spacial score (nSPS) is 12.7. The van der Waals surface area contributed by atoms with Gasteiger partial charge in [-0.3, -0.25) is 10.1 Å². The first-order valence-electron chi connectivity index (χ1n) is 11.4. The molecule has 0 saturated carbocycles. The molecule has 3 aromatic rings. The maximum absolute atomic E-state index is 13.5. The van der Waals surface area contributed by atoms with E-state index in [1.165, 1.54) is 36.5 Å². The van der Waals surface area contributed by atoms with E-state index in [0.717, 1.165) is 5.39 Å². The number of nitrogens with one attached hydrogen (secondary N) is 3. The number of carbonyl (C=O) groups excluding carboxylic acids is 2. The summed E-state index contributed by atoms with van der Waals surface area (Å²) < 4.78 is 32.3. The SMILES string of the molecule is CC(N)CC[C@@H](COC(=O)Nc1cc2cc(F)ccc2cn1)NC(=O)CNCc1cccc(F)c1Cl. The van der Waals surface area contributed by atoms with E-state index >= 15 is 0 Å². The zero-order valence-corrected chi connectivity index (χ0v) is 20.4. The number of halogens is 3. The molecule has 0 aliphatic rings. The highest BCUT2D eigenvalue weighted by atomic mass is 35.5. The minimum Gasteiger partial charge on any atom is -0.447 e. The quantitative estimate of drug-likeness (QED) is 0.303. The van der Waals surface area contributed by atoms with Gasteiger partial charge in [-0.05, 0) is 61.0 Å². The summed E-state index contributed by atoms with van der Waals surface area (Å²) in [5, 5.41) is 9.53. The fraction of sp³-hybridized carbons (Fsp3) is 0.320. The minimum absolute atomic E-state index is 0.00525. The Kier molecular flexibility index (Phi) is 9.92. The molecule has 11 heteroatoms. The molecule has 1 aromatic heterocycles. The summed E-state index contributed by atoms with van der Waals surface area (Å²) in [4.78, 5) is 28.8. The van der Waals surface area contributed by atoms with Crippen molar-refractivity contribution in [2.45, 2.75) is 38.4 Å². The Morgan fingerprint density at radius 1 is 1.14 bits per heavy atom. The average molecular weight is 520 g/mol. The molecule has 0 aliphatic heterocycles. The van der Waals surface area contributed by atoms with Crippen molar-refractivity contribution in [1.29, 1.82) is 0 Å². The number of benzene rings is 2. The van der Waals surface area contributed by atoms with Crippen molar-refractivity contribution < 1.29 is 23.1 Å². The Morgan fingerprint density at radius 3 is 2.72 bits per heavy atom. The third-order valence-corrected chi connectivity index (χ3v) is 5.72.